The van der Waals surface area contributed by atoms with E-state index in [-0.39, 0.29) is 6.17 Å². The number of furan rings is 1. The van der Waals surface area contributed by atoms with Crippen molar-refractivity contribution >= 4 is 44.9 Å². The first-order chi connectivity index (χ1) is 23.2. The van der Waals surface area contributed by atoms with Crippen molar-refractivity contribution in [3.63, 3.8) is 0 Å². The number of hydrogen-bond donors (Lipinski definition) is 2. The van der Waals surface area contributed by atoms with Crippen molar-refractivity contribution in [2.45, 2.75) is 13.1 Å². The molecular weight excluding hydrogens is 576 g/mol. The van der Waals surface area contributed by atoms with Crippen LogP contribution in [0.25, 0.3) is 60.7 Å². The second-order valence-electron chi connectivity index (χ2n) is 12.0. The summed E-state index contributed by atoms with van der Waals surface area (Å²) in [7, 11) is 0. The van der Waals surface area contributed by atoms with Crippen LogP contribution in [-0.2, 0) is 0 Å². The average Bonchev–Trinajstić information content (AvgIpc) is 3.64. The zero-order valence-electron chi connectivity index (χ0n) is 25.7. The minimum Gasteiger partial charge on any atom is -0.440 e. The topological polar surface area (TPSA) is 75.9 Å². The van der Waals surface area contributed by atoms with Crippen molar-refractivity contribution in [2.75, 3.05) is 5.73 Å². The molecule has 224 valence electrons. The number of nitrogen functional groups attached to an aromatic ring is 1. The number of aliphatic imine (C=N–C) groups is 2. The van der Waals surface area contributed by atoms with E-state index in [2.05, 4.69) is 96.3 Å². The summed E-state index contributed by atoms with van der Waals surface area (Å²) in [4.78, 5) is 10.2. The van der Waals surface area contributed by atoms with Crippen molar-refractivity contribution < 1.29 is 4.42 Å². The third-order valence-electron chi connectivity index (χ3n) is 9.25. The van der Waals surface area contributed by atoms with Gasteiger partial charge in [-0.3, -0.25) is 0 Å². The van der Waals surface area contributed by atoms with Gasteiger partial charge in [-0.05, 0) is 74.8 Å². The molecular formula is C42H30N4O. The van der Waals surface area contributed by atoms with Crippen LogP contribution in [0.1, 0.15) is 29.8 Å². The van der Waals surface area contributed by atoms with Crippen LogP contribution in [0.2, 0.25) is 0 Å². The molecule has 1 aliphatic heterocycles. The van der Waals surface area contributed by atoms with E-state index in [0.29, 0.717) is 17.6 Å². The van der Waals surface area contributed by atoms with Gasteiger partial charge in [-0.15, -0.1) is 0 Å². The lowest BCUT2D eigenvalue weighted by Gasteiger charge is -2.25. The van der Waals surface area contributed by atoms with Gasteiger partial charge in [0, 0.05) is 16.5 Å². The highest BCUT2D eigenvalue weighted by Gasteiger charge is 2.26. The van der Waals surface area contributed by atoms with Gasteiger partial charge in [0.25, 0.3) is 0 Å². The van der Waals surface area contributed by atoms with Gasteiger partial charge < -0.3 is 15.5 Å². The van der Waals surface area contributed by atoms with Gasteiger partial charge in [-0.2, -0.15) is 0 Å². The van der Waals surface area contributed by atoms with Gasteiger partial charge in [0.1, 0.15) is 17.6 Å². The molecule has 0 bridgehead atoms. The Kier molecular flexibility index (Phi) is 6.18. The lowest BCUT2D eigenvalue weighted by molar-refractivity contribution is 0.636. The Morgan fingerprint density at radius 1 is 0.702 bits per heavy atom. The molecule has 0 saturated carbocycles. The summed E-state index contributed by atoms with van der Waals surface area (Å²) in [6.45, 7) is 1.99. The largest absolute Gasteiger partial charge is 0.440 e. The molecule has 2 aliphatic rings. The number of anilines is 1. The van der Waals surface area contributed by atoms with Crippen LogP contribution < -0.4 is 11.1 Å². The maximum absolute atomic E-state index is 6.46. The number of amidine groups is 2. The number of fused-ring (bicyclic) bond motifs is 4. The number of nitrogens with one attached hydrogen (secondary N) is 1. The molecule has 0 fully saturated rings. The van der Waals surface area contributed by atoms with E-state index >= 15 is 0 Å². The molecule has 9 rings (SSSR count). The van der Waals surface area contributed by atoms with E-state index in [1.54, 1.807) is 0 Å². The first-order valence-electron chi connectivity index (χ1n) is 15.9. The lowest BCUT2D eigenvalue weighted by atomic mass is 9.95. The molecule has 5 heteroatoms. The third kappa shape index (κ3) is 4.39. The van der Waals surface area contributed by atoms with E-state index in [9.17, 15) is 0 Å². The van der Waals surface area contributed by atoms with E-state index in [1.807, 2.05) is 55.5 Å². The predicted molar refractivity (Wildman–Crippen MR) is 194 cm³/mol. The van der Waals surface area contributed by atoms with Crippen LogP contribution in [0.3, 0.4) is 0 Å². The van der Waals surface area contributed by atoms with Crippen LogP contribution in [0.15, 0.2) is 154 Å². The van der Waals surface area contributed by atoms with E-state index in [1.165, 1.54) is 38.6 Å². The maximum atomic E-state index is 6.46. The number of nitrogens with two attached hydrogens (primary N) is 1. The minimum absolute atomic E-state index is 0.327. The Hall–Kier alpha value is -6.20. The predicted octanol–water partition coefficient (Wildman–Crippen LogP) is 10.0. The zero-order chi connectivity index (χ0) is 31.5. The SMILES string of the molecule is C/C=C(/C1=NC(c2ccc(-c3cc4c5c(cccc5c3)-c3ccccc3-4)cc2)=NC(c2ccccc2)N1)c1c(N)oc2ccccc12. The van der Waals surface area contributed by atoms with Gasteiger partial charge in [0.2, 0.25) is 0 Å². The van der Waals surface area contributed by atoms with E-state index < -0.39 is 0 Å². The first kappa shape index (κ1) is 27.1. The minimum atomic E-state index is -0.327. The van der Waals surface area contributed by atoms with Crippen molar-refractivity contribution in [2.24, 2.45) is 9.98 Å². The summed E-state index contributed by atoms with van der Waals surface area (Å²) >= 11 is 0. The Morgan fingerprint density at radius 3 is 2.21 bits per heavy atom. The average molecular weight is 607 g/mol. The second kappa shape index (κ2) is 10.7. The number of nitrogens with zero attached hydrogens (tertiary/aromatic N) is 2. The molecule has 0 spiro atoms. The molecule has 3 N–H and O–H groups in total. The number of rotatable bonds is 5. The lowest BCUT2D eigenvalue weighted by Crippen LogP contribution is -2.33. The fraction of sp³-hybridized carbons (Fsp3) is 0.0476. The molecule has 5 nitrogen and oxygen atoms in total. The number of benzene rings is 6. The molecule has 1 atom stereocenters. The molecule has 1 aromatic heterocycles. The molecule has 0 amide bonds. The summed E-state index contributed by atoms with van der Waals surface area (Å²) in [6.07, 6.45) is 1.70. The fourth-order valence-electron chi connectivity index (χ4n) is 7.06. The highest BCUT2D eigenvalue weighted by molar-refractivity contribution is 6.30. The van der Waals surface area contributed by atoms with E-state index in [0.717, 1.165) is 38.8 Å². The molecule has 1 unspecified atom stereocenters. The Balaban J connectivity index is 1.13. The Labute approximate surface area is 272 Å². The Morgan fingerprint density at radius 2 is 1.40 bits per heavy atom. The van der Waals surface area contributed by atoms with Gasteiger partial charge in [0.05, 0.1) is 5.56 Å². The molecule has 7 aromatic rings. The molecule has 0 radical (unpaired) electrons. The number of allylic oxidation sites excluding steroid dienone is 1. The van der Waals surface area contributed by atoms with Crippen molar-refractivity contribution in [3.05, 3.63) is 156 Å². The summed E-state index contributed by atoms with van der Waals surface area (Å²) in [5.41, 5.74) is 18.4. The quantitative estimate of drug-likeness (QED) is 0.205. The van der Waals surface area contributed by atoms with E-state index in [4.69, 9.17) is 20.1 Å². The molecule has 0 saturated heterocycles. The molecule has 2 heterocycles. The van der Waals surface area contributed by atoms with Gasteiger partial charge in [0.15, 0.2) is 11.7 Å². The standard InChI is InChI=1S/C42H30N4O/c1-2-30(38-34-16-8-9-18-36(34)47-39(38)43)42-45-40(26-11-4-3-5-12-26)44-41(46-42)27-21-19-25(20-22-27)29-23-28-13-10-17-33-31-14-6-7-15-32(31)35(24-29)37(28)33/h2-24,40H,43H2,1H3,(H,44,45,46)/b30-2+. The van der Waals surface area contributed by atoms with Gasteiger partial charge in [-0.1, -0.05) is 121 Å². The smallest absolute Gasteiger partial charge is 0.199 e. The van der Waals surface area contributed by atoms with Crippen molar-refractivity contribution in [1.29, 1.82) is 0 Å². The fourth-order valence-corrected chi connectivity index (χ4v) is 7.06. The highest BCUT2D eigenvalue weighted by atomic mass is 16.3. The normalized spacial score (nSPS) is 15.3. The summed E-state index contributed by atoms with van der Waals surface area (Å²) in [5.74, 6) is 1.71. The highest BCUT2D eigenvalue weighted by Crippen LogP contribution is 2.48. The number of hydrogen-bond acceptors (Lipinski definition) is 5. The number of para-hydroxylation sites is 1. The zero-order valence-corrected chi connectivity index (χ0v) is 25.7. The van der Waals surface area contributed by atoms with Crippen LogP contribution in [-0.4, -0.2) is 11.7 Å². The maximum Gasteiger partial charge on any atom is 0.199 e. The van der Waals surface area contributed by atoms with Crippen LogP contribution in [0, 0.1) is 0 Å². The van der Waals surface area contributed by atoms with Crippen LogP contribution >= 0.6 is 0 Å². The van der Waals surface area contributed by atoms with Crippen LogP contribution in [0.4, 0.5) is 5.88 Å². The second-order valence-corrected chi connectivity index (χ2v) is 12.0. The van der Waals surface area contributed by atoms with Crippen molar-refractivity contribution in [1.82, 2.24) is 5.32 Å². The molecule has 47 heavy (non-hydrogen) atoms. The monoisotopic (exact) mass is 606 g/mol. The molecule has 6 aromatic carbocycles. The Bertz CT molecular complexity index is 2450. The summed E-state index contributed by atoms with van der Waals surface area (Å²) < 4.78 is 5.94. The summed E-state index contributed by atoms with van der Waals surface area (Å²) in [5, 5.41) is 7.11. The van der Waals surface area contributed by atoms with Gasteiger partial charge in [-0.25, -0.2) is 9.98 Å². The van der Waals surface area contributed by atoms with Crippen molar-refractivity contribution in [3.8, 4) is 33.4 Å². The summed E-state index contributed by atoms with van der Waals surface area (Å²) in [6, 6.07) is 46.6. The third-order valence-corrected chi connectivity index (χ3v) is 9.25. The van der Waals surface area contributed by atoms with Gasteiger partial charge >= 0.3 is 0 Å². The van der Waals surface area contributed by atoms with Crippen LogP contribution in [0.5, 0.6) is 0 Å². The molecule has 1 aliphatic carbocycles. The first-order valence-corrected chi connectivity index (χ1v) is 15.9.